The second kappa shape index (κ2) is 15.1. The summed E-state index contributed by atoms with van der Waals surface area (Å²) >= 11 is 3.31. The van der Waals surface area contributed by atoms with Gasteiger partial charge in [0.15, 0.2) is 17.5 Å². The number of aliphatic imine (C=N–C) groups is 1. The minimum atomic E-state index is 0.356. The van der Waals surface area contributed by atoms with Crippen LogP contribution in [0.2, 0.25) is 0 Å². The fourth-order valence-corrected chi connectivity index (χ4v) is 8.98. The Labute approximate surface area is 332 Å². The van der Waals surface area contributed by atoms with E-state index in [9.17, 15) is 0 Å². The Morgan fingerprint density at radius 3 is 1.96 bits per heavy atom. The van der Waals surface area contributed by atoms with Crippen molar-refractivity contribution >= 4 is 70.5 Å². The summed E-state index contributed by atoms with van der Waals surface area (Å²) in [5.74, 6) is 1.88. The number of aromatic nitrogens is 3. The van der Waals surface area contributed by atoms with Gasteiger partial charge in [0.25, 0.3) is 0 Å². The number of allylic oxidation sites excluding steroid dienone is 4. The predicted octanol–water partition coefficient (Wildman–Crippen LogP) is 13.5. The standard InChI is InChI=1S/C49H33N5S2/c1-3-4-14-31(2)44(50)46-45(39-21-11-12-22-41(39)56-46)51-30-32-23-25-38-40-29-37(24-26-42(40)55-43(38)27-32)49-53-47(34-17-9-6-10-18-34)52-48(54-49)36-20-13-19-35(28-36)33-15-7-5-8-16-33/h3-30,50H,1-2H2/b14-4-,50-44?,51-30?. The molecule has 0 amide bonds. The molecule has 0 unspecified atom stereocenters. The summed E-state index contributed by atoms with van der Waals surface area (Å²) in [4.78, 5) is 20.8. The molecule has 0 spiro atoms. The normalized spacial score (nSPS) is 11.6. The van der Waals surface area contributed by atoms with Gasteiger partial charge >= 0.3 is 0 Å². The third-order valence-corrected chi connectivity index (χ3v) is 11.9. The summed E-state index contributed by atoms with van der Waals surface area (Å²) in [5, 5.41) is 12.2. The van der Waals surface area contributed by atoms with Gasteiger partial charge in [-0.1, -0.05) is 141 Å². The van der Waals surface area contributed by atoms with Crippen molar-refractivity contribution in [2.75, 3.05) is 0 Å². The molecule has 3 aromatic heterocycles. The molecule has 0 aliphatic rings. The maximum absolute atomic E-state index is 8.91. The van der Waals surface area contributed by atoms with E-state index in [1.807, 2.05) is 54.7 Å². The molecule has 0 atom stereocenters. The summed E-state index contributed by atoms with van der Waals surface area (Å²) in [6.07, 6.45) is 7.19. The van der Waals surface area contributed by atoms with Crippen LogP contribution in [0.1, 0.15) is 10.4 Å². The van der Waals surface area contributed by atoms with Crippen molar-refractivity contribution in [1.29, 1.82) is 5.41 Å². The second-order valence-electron chi connectivity index (χ2n) is 13.2. The molecule has 0 aliphatic carbocycles. The molecule has 9 aromatic rings. The lowest BCUT2D eigenvalue weighted by atomic mass is 10.0. The molecule has 0 bridgehead atoms. The van der Waals surface area contributed by atoms with Crippen LogP contribution in [0.4, 0.5) is 5.69 Å². The summed E-state index contributed by atoms with van der Waals surface area (Å²) in [5.41, 5.74) is 7.76. The van der Waals surface area contributed by atoms with E-state index in [1.54, 1.807) is 40.9 Å². The molecule has 56 heavy (non-hydrogen) atoms. The summed E-state index contributed by atoms with van der Waals surface area (Å²) in [6.45, 7) is 7.86. The van der Waals surface area contributed by atoms with Crippen LogP contribution >= 0.6 is 22.7 Å². The number of nitrogens with one attached hydrogen (secondary N) is 1. The first kappa shape index (κ1) is 34.8. The predicted molar refractivity (Wildman–Crippen MR) is 239 cm³/mol. The Morgan fingerprint density at radius 2 is 1.20 bits per heavy atom. The van der Waals surface area contributed by atoms with E-state index in [-0.39, 0.29) is 0 Å². The Kier molecular flexibility index (Phi) is 9.37. The molecule has 5 nitrogen and oxygen atoms in total. The van der Waals surface area contributed by atoms with Gasteiger partial charge < -0.3 is 0 Å². The molecule has 9 rings (SSSR count). The van der Waals surface area contributed by atoms with Crippen molar-refractivity contribution in [3.8, 4) is 45.3 Å². The lowest BCUT2D eigenvalue weighted by molar-refractivity contribution is 1.07. The van der Waals surface area contributed by atoms with Crippen LogP contribution in [-0.4, -0.2) is 26.9 Å². The molecule has 6 aromatic carbocycles. The third-order valence-electron chi connectivity index (χ3n) is 9.54. The van der Waals surface area contributed by atoms with Gasteiger partial charge in [0.05, 0.1) is 16.3 Å². The molecule has 0 saturated carbocycles. The molecular formula is C49H33N5S2. The first-order valence-electron chi connectivity index (χ1n) is 18.1. The van der Waals surface area contributed by atoms with Crippen LogP contribution in [0.15, 0.2) is 188 Å². The van der Waals surface area contributed by atoms with E-state index >= 15 is 0 Å². The minimum Gasteiger partial charge on any atom is -0.299 e. The highest BCUT2D eigenvalue weighted by atomic mass is 32.1. The number of hydrogen-bond donors (Lipinski definition) is 1. The minimum absolute atomic E-state index is 0.356. The van der Waals surface area contributed by atoms with E-state index in [0.29, 0.717) is 28.8 Å². The molecule has 0 radical (unpaired) electrons. The molecule has 0 fully saturated rings. The van der Waals surface area contributed by atoms with Gasteiger partial charge in [0.1, 0.15) is 0 Å². The third kappa shape index (κ3) is 6.82. The molecule has 7 heteroatoms. The van der Waals surface area contributed by atoms with Gasteiger partial charge in [-0.3, -0.25) is 10.4 Å². The fourth-order valence-electron chi connectivity index (χ4n) is 6.71. The fraction of sp³-hybridized carbons (Fsp3) is 0. The number of hydrogen-bond acceptors (Lipinski definition) is 7. The monoisotopic (exact) mass is 755 g/mol. The Morgan fingerprint density at radius 1 is 0.554 bits per heavy atom. The Balaban J connectivity index is 1.09. The van der Waals surface area contributed by atoms with Crippen molar-refractivity contribution in [1.82, 2.24) is 15.0 Å². The van der Waals surface area contributed by atoms with Crippen molar-refractivity contribution in [2.24, 2.45) is 4.99 Å². The van der Waals surface area contributed by atoms with Crippen molar-refractivity contribution < 1.29 is 0 Å². The van der Waals surface area contributed by atoms with Gasteiger partial charge in [-0.05, 0) is 58.7 Å². The molecule has 266 valence electrons. The van der Waals surface area contributed by atoms with E-state index < -0.39 is 0 Å². The molecule has 3 heterocycles. The van der Waals surface area contributed by atoms with E-state index in [2.05, 4.69) is 110 Å². The zero-order valence-electron chi connectivity index (χ0n) is 30.2. The van der Waals surface area contributed by atoms with Crippen LogP contribution in [0.5, 0.6) is 0 Å². The molecular weight excluding hydrogens is 723 g/mol. The van der Waals surface area contributed by atoms with Crippen LogP contribution in [0.25, 0.3) is 75.5 Å². The smallest absolute Gasteiger partial charge is 0.164 e. The van der Waals surface area contributed by atoms with Crippen molar-refractivity contribution in [3.63, 3.8) is 0 Å². The highest BCUT2D eigenvalue weighted by Gasteiger charge is 2.18. The maximum Gasteiger partial charge on any atom is 0.164 e. The van der Waals surface area contributed by atoms with E-state index in [4.69, 9.17) is 25.4 Å². The average molecular weight is 756 g/mol. The van der Waals surface area contributed by atoms with E-state index in [1.165, 1.54) is 4.70 Å². The lowest BCUT2D eigenvalue weighted by Gasteiger charge is -2.10. The number of rotatable bonds is 10. The van der Waals surface area contributed by atoms with Crippen LogP contribution in [0.3, 0.4) is 0 Å². The number of nitrogens with zero attached hydrogens (tertiary/aromatic N) is 4. The second-order valence-corrected chi connectivity index (χ2v) is 15.4. The Hall–Kier alpha value is -6.93. The topological polar surface area (TPSA) is 74.9 Å². The lowest BCUT2D eigenvalue weighted by Crippen LogP contribution is -2.00. The molecule has 0 saturated heterocycles. The summed E-state index contributed by atoms with van der Waals surface area (Å²) in [6, 6.07) is 49.8. The first-order valence-corrected chi connectivity index (χ1v) is 19.7. The highest BCUT2D eigenvalue weighted by molar-refractivity contribution is 7.25. The number of fused-ring (bicyclic) bond motifs is 4. The van der Waals surface area contributed by atoms with Gasteiger partial charge in [-0.15, -0.1) is 22.7 Å². The number of thiophene rings is 2. The SMILES string of the molecule is C=C/C=C\C(=C)C(=N)c1sc2ccccc2c1N=Cc1ccc2c(c1)sc1ccc(-c3nc(-c4ccccc4)nc(-c4cccc(-c5ccccc5)c4)n3)cc12. The average Bonchev–Trinajstić information content (AvgIpc) is 3.82. The van der Waals surface area contributed by atoms with Crippen molar-refractivity contribution in [2.45, 2.75) is 0 Å². The number of benzene rings is 6. The van der Waals surface area contributed by atoms with Crippen LogP contribution in [0, 0.1) is 5.41 Å². The highest BCUT2D eigenvalue weighted by Crippen LogP contribution is 2.40. The Bertz CT molecular complexity index is 3030. The molecule has 1 N–H and O–H groups in total. The van der Waals surface area contributed by atoms with Gasteiger partial charge in [-0.2, -0.15) is 0 Å². The van der Waals surface area contributed by atoms with Gasteiger partial charge in [0, 0.05) is 53.2 Å². The van der Waals surface area contributed by atoms with Crippen LogP contribution in [-0.2, 0) is 0 Å². The van der Waals surface area contributed by atoms with Gasteiger partial charge in [0.2, 0.25) is 0 Å². The first-order chi connectivity index (χ1) is 27.5. The molecule has 0 aliphatic heterocycles. The summed E-state index contributed by atoms with van der Waals surface area (Å²) in [7, 11) is 0. The quantitative estimate of drug-likeness (QED) is 0.112. The van der Waals surface area contributed by atoms with E-state index in [0.717, 1.165) is 69.5 Å². The van der Waals surface area contributed by atoms with Crippen LogP contribution < -0.4 is 0 Å². The largest absolute Gasteiger partial charge is 0.299 e. The maximum atomic E-state index is 8.91. The summed E-state index contributed by atoms with van der Waals surface area (Å²) < 4.78 is 3.42. The van der Waals surface area contributed by atoms with Crippen molar-refractivity contribution in [3.05, 3.63) is 193 Å². The van der Waals surface area contributed by atoms with Gasteiger partial charge in [-0.25, -0.2) is 15.0 Å². The zero-order valence-corrected chi connectivity index (χ0v) is 31.8. The zero-order chi connectivity index (χ0) is 38.0.